The number of amides is 4. The lowest BCUT2D eigenvalue weighted by Gasteiger charge is -2.36. The number of carbonyl (C=O) groups excluding carboxylic acids is 4. The molecule has 12 heteroatoms. The van der Waals surface area contributed by atoms with E-state index in [0.29, 0.717) is 51.5 Å². The molecule has 5 fully saturated rings. The van der Waals surface area contributed by atoms with Crippen LogP contribution in [-0.2, 0) is 29.1 Å². The predicted octanol–water partition coefficient (Wildman–Crippen LogP) is 4.79. The SMILES string of the molecule is CCCC1(S(=O)(=O)NC(=O)[C@@]2(NC(=O)[C@@H]3C[C@@]4(CN3C(=O)[C@@H](NC(=O)OC(C)(C)C)C(C)(C)C)C(C)(C)C43CCC3)C[C@H]2CC)CC1. The third-order valence-electron chi connectivity index (χ3n) is 12.8. The molecule has 0 aromatic heterocycles. The largest absolute Gasteiger partial charge is 0.444 e. The Kier molecular flexibility index (Phi) is 8.46. The summed E-state index contributed by atoms with van der Waals surface area (Å²) in [4.78, 5) is 57.4. The van der Waals surface area contributed by atoms with Crippen molar-refractivity contribution in [2.45, 2.75) is 161 Å². The number of hydrogen-bond acceptors (Lipinski definition) is 7. The third-order valence-corrected chi connectivity index (χ3v) is 15.0. The number of nitrogens with one attached hydrogen (secondary N) is 3. The summed E-state index contributed by atoms with van der Waals surface area (Å²) < 4.78 is 33.7. The van der Waals surface area contributed by atoms with E-state index in [9.17, 15) is 27.6 Å². The molecule has 4 aliphatic carbocycles. The fourth-order valence-corrected chi connectivity index (χ4v) is 11.2. The second-order valence-corrected chi connectivity index (χ2v) is 20.0. The zero-order chi connectivity index (χ0) is 35.2. The molecular weight excluding hydrogens is 620 g/mol. The molecule has 266 valence electrons. The number of likely N-dealkylation sites (tertiary alicyclic amines) is 1. The van der Waals surface area contributed by atoms with E-state index in [1.165, 1.54) is 0 Å². The van der Waals surface area contributed by atoms with Crippen molar-refractivity contribution in [3.8, 4) is 0 Å². The highest BCUT2D eigenvalue weighted by Gasteiger charge is 2.85. The van der Waals surface area contributed by atoms with Crippen LogP contribution in [0, 0.1) is 27.6 Å². The van der Waals surface area contributed by atoms with Crippen LogP contribution in [0.3, 0.4) is 0 Å². The third kappa shape index (κ3) is 5.56. The Morgan fingerprint density at radius 1 is 0.936 bits per heavy atom. The molecule has 0 radical (unpaired) electrons. The standard InChI is InChI=1S/C35H58N4O7S/c1-11-14-32(17-18-32)47(44,45)38-27(42)35(19-22(35)12-2)37-25(40)23-20-34(31(9,10)33(34)15-13-16-33)21-39(23)26(41)24(29(3,4)5)36-28(43)46-30(6,7)8/h22-24H,11-21H2,1-10H3,(H,36,43)(H,37,40)(H,38,42)/t22-,23+,24-,34-,35-/m1/s1. The number of fused-ring (bicyclic) bond motifs is 1. The molecule has 0 aromatic carbocycles. The lowest BCUT2D eigenvalue weighted by atomic mass is 9.73. The van der Waals surface area contributed by atoms with Gasteiger partial charge in [0.25, 0.3) is 5.91 Å². The van der Waals surface area contributed by atoms with Gasteiger partial charge in [0.2, 0.25) is 21.8 Å². The summed E-state index contributed by atoms with van der Waals surface area (Å²) in [6, 6.07) is -1.84. The molecule has 4 amide bonds. The van der Waals surface area contributed by atoms with Gasteiger partial charge in [-0.1, -0.05) is 67.7 Å². The van der Waals surface area contributed by atoms with Crippen LogP contribution in [0.1, 0.15) is 133 Å². The van der Waals surface area contributed by atoms with Crippen LogP contribution in [-0.4, -0.2) is 71.6 Å². The molecule has 1 heterocycles. The van der Waals surface area contributed by atoms with Gasteiger partial charge in [-0.3, -0.25) is 19.1 Å². The second kappa shape index (κ2) is 11.1. The van der Waals surface area contributed by atoms with E-state index in [4.69, 9.17) is 4.74 Å². The average Bonchev–Trinajstić information content (AvgIpc) is 3.83. The molecule has 1 aliphatic heterocycles. The Balaban J connectivity index is 1.43. The second-order valence-electron chi connectivity index (χ2n) is 17.9. The first-order valence-corrected chi connectivity index (χ1v) is 19.2. The number of hydrogen-bond donors (Lipinski definition) is 3. The zero-order valence-corrected chi connectivity index (χ0v) is 31.0. The van der Waals surface area contributed by atoms with Gasteiger partial charge < -0.3 is 20.3 Å². The molecule has 5 atom stereocenters. The van der Waals surface area contributed by atoms with Crippen LogP contribution in [0.15, 0.2) is 0 Å². The Bertz CT molecular complexity index is 1440. The average molecular weight is 679 g/mol. The van der Waals surface area contributed by atoms with E-state index in [1.807, 2.05) is 34.6 Å². The van der Waals surface area contributed by atoms with Gasteiger partial charge in [-0.2, -0.15) is 0 Å². The summed E-state index contributed by atoms with van der Waals surface area (Å²) in [6.45, 7) is 19.5. The van der Waals surface area contributed by atoms with Gasteiger partial charge in [0, 0.05) is 12.0 Å². The van der Waals surface area contributed by atoms with Crippen LogP contribution in [0.25, 0.3) is 0 Å². The van der Waals surface area contributed by atoms with Crippen molar-refractivity contribution in [3.05, 3.63) is 0 Å². The summed E-state index contributed by atoms with van der Waals surface area (Å²) in [5.41, 5.74) is -3.13. The fraction of sp³-hybridized carbons (Fsp3) is 0.886. The van der Waals surface area contributed by atoms with E-state index in [0.717, 1.165) is 19.3 Å². The lowest BCUT2D eigenvalue weighted by Crippen LogP contribution is -2.60. The zero-order valence-electron chi connectivity index (χ0n) is 30.2. The molecule has 5 aliphatic rings. The van der Waals surface area contributed by atoms with E-state index in [2.05, 4.69) is 29.2 Å². The van der Waals surface area contributed by atoms with Crippen LogP contribution >= 0.6 is 0 Å². The van der Waals surface area contributed by atoms with Crippen molar-refractivity contribution in [1.29, 1.82) is 0 Å². The molecular formula is C35H58N4O7S. The number of sulfonamides is 1. The lowest BCUT2D eigenvalue weighted by molar-refractivity contribution is -0.143. The van der Waals surface area contributed by atoms with Gasteiger partial charge in [-0.15, -0.1) is 0 Å². The van der Waals surface area contributed by atoms with Gasteiger partial charge in [-0.05, 0) is 87.9 Å². The Morgan fingerprint density at radius 3 is 1.98 bits per heavy atom. The molecule has 11 nitrogen and oxygen atoms in total. The number of ether oxygens (including phenoxy) is 1. The van der Waals surface area contributed by atoms with Crippen molar-refractivity contribution < 1.29 is 32.3 Å². The van der Waals surface area contributed by atoms with Gasteiger partial charge >= 0.3 is 6.09 Å². The minimum Gasteiger partial charge on any atom is -0.444 e. The first kappa shape index (κ1) is 35.9. The Morgan fingerprint density at radius 2 is 1.55 bits per heavy atom. The maximum Gasteiger partial charge on any atom is 0.408 e. The normalized spacial score (nSPS) is 31.8. The van der Waals surface area contributed by atoms with Gasteiger partial charge in [0.1, 0.15) is 23.2 Å². The van der Waals surface area contributed by atoms with E-state index in [-0.39, 0.29) is 28.1 Å². The molecule has 2 spiro atoms. The predicted molar refractivity (Wildman–Crippen MR) is 178 cm³/mol. The first-order valence-electron chi connectivity index (χ1n) is 17.7. The van der Waals surface area contributed by atoms with Crippen molar-refractivity contribution in [1.82, 2.24) is 20.3 Å². The van der Waals surface area contributed by atoms with Crippen LogP contribution in [0.4, 0.5) is 4.79 Å². The number of alkyl carbamates (subject to hydrolysis) is 1. The van der Waals surface area contributed by atoms with Gasteiger partial charge in [0.15, 0.2) is 0 Å². The maximum absolute atomic E-state index is 14.6. The Hall–Kier alpha value is -2.37. The molecule has 47 heavy (non-hydrogen) atoms. The smallest absolute Gasteiger partial charge is 0.408 e. The molecule has 5 rings (SSSR count). The minimum absolute atomic E-state index is 0.0376. The van der Waals surface area contributed by atoms with E-state index >= 15 is 0 Å². The van der Waals surface area contributed by atoms with Crippen LogP contribution in [0.2, 0.25) is 0 Å². The summed E-state index contributed by atoms with van der Waals surface area (Å²) in [5, 5.41) is 5.81. The summed E-state index contributed by atoms with van der Waals surface area (Å²) in [7, 11) is -3.92. The highest BCUT2D eigenvalue weighted by molar-refractivity contribution is 7.91. The molecule has 0 unspecified atom stereocenters. The molecule has 3 N–H and O–H groups in total. The van der Waals surface area contributed by atoms with Crippen molar-refractivity contribution in [2.75, 3.05) is 6.54 Å². The number of carbonyl (C=O) groups is 4. The number of rotatable bonds is 10. The molecule has 4 saturated carbocycles. The fourth-order valence-electron chi connectivity index (χ4n) is 9.49. The van der Waals surface area contributed by atoms with Crippen molar-refractivity contribution in [3.63, 3.8) is 0 Å². The summed E-state index contributed by atoms with van der Waals surface area (Å²) in [5.74, 6) is -1.71. The topological polar surface area (TPSA) is 151 Å². The minimum atomic E-state index is -3.92. The molecule has 1 saturated heterocycles. The molecule has 0 aromatic rings. The number of nitrogens with zero attached hydrogens (tertiary/aromatic N) is 1. The van der Waals surface area contributed by atoms with Crippen molar-refractivity contribution >= 4 is 33.8 Å². The Labute approximate surface area is 281 Å². The first-order chi connectivity index (χ1) is 21.5. The highest BCUT2D eigenvalue weighted by Crippen LogP contribution is 2.88. The van der Waals surface area contributed by atoms with Gasteiger partial charge in [0.05, 0.1) is 4.75 Å². The molecule has 0 bridgehead atoms. The van der Waals surface area contributed by atoms with E-state index < -0.39 is 61.3 Å². The van der Waals surface area contributed by atoms with Gasteiger partial charge in [-0.25, -0.2) is 13.2 Å². The van der Waals surface area contributed by atoms with Crippen LogP contribution in [0.5, 0.6) is 0 Å². The monoisotopic (exact) mass is 678 g/mol. The van der Waals surface area contributed by atoms with Crippen molar-refractivity contribution in [2.24, 2.45) is 27.6 Å². The maximum atomic E-state index is 14.6. The summed E-state index contributed by atoms with van der Waals surface area (Å²) >= 11 is 0. The van der Waals surface area contributed by atoms with Crippen LogP contribution < -0.4 is 15.4 Å². The highest BCUT2D eigenvalue weighted by atomic mass is 32.2. The summed E-state index contributed by atoms with van der Waals surface area (Å²) in [6.07, 6.45) is 6.07. The quantitative estimate of drug-likeness (QED) is 0.301. The van der Waals surface area contributed by atoms with E-state index in [1.54, 1.807) is 25.7 Å².